The van der Waals surface area contributed by atoms with Crippen LogP contribution in [0.4, 0.5) is 5.69 Å². The molecule has 0 bridgehead atoms. The minimum absolute atomic E-state index is 0.160. The van der Waals surface area contributed by atoms with Crippen LogP contribution in [-0.2, 0) is 5.41 Å². The Labute approximate surface area is 315 Å². The van der Waals surface area contributed by atoms with Crippen molar-refractivity contribution in [2.24, 2.45) is 4.99 Å². The molecule has 0 fully saturated rings. The molecule has 0 spiro atoms. The van der Waals surface area contributed by atoms with Gasteiger partial charge in [0.2, 0.25) is 0 Å². The van der Waals surface area contributed by atoms with Crippen molar-refractivity contribution in [1.82, 2.24) is 0 Å². The van der Waals surface area contributed by atoms with Crippen LogP contribution < -0.4 is 10.1 Å². The van der Waals surface area contributed by atoms with Crippen LogP contribution in [0.3, 0.4) is 0 Å². The highest BCUT2D eigenvalue weighted by Crippen LogP contribution is 2.57. The molecule has 10 rings (SSSR count). The first-order valence-corrected chi connectivity index (χ1v) is 18.5. The number of ether oxygens (including phenoxy) is 1. The number of anilines is 1. The zero-order valence-corrected chi connectivity index (χ0v) is 29.6. The van der Waals surface area contributed by atoms with Crippen molar-refractivity contribution in [2.45, 2.75) is 11.6 Å². The molecule has 0 saturated heterocycles. The van der Waals surface area contributed by atoms with Crippen LogP contribution in [0.2, 0.25) is 0 Å². The molecule has 1 atom stereocenters. The summed E-state index contributed by atoms with van der Waals surface area (Å²) in [6.45, 7) is 0. The van der Waals surface area contributed by atoms with E-state index >= 15 is 0 Å². The van der Waals surface area contributed by atoms with Gasteiger partial charge in [0.15, 0.2) is 0 Å². The van der Waals surface area contributed by atoms with E-state index in [1.807, 2.05) is 6.07 Å². The maximum atomic E-state index is 6.91. The average molecular weight is 693 g/mol. The van der Waals surface area contributed by atoms with Crippen molar-refractivity contribution < 1.29 is 4.74 Å². The Morgan fingerprint density at radius 1 is 0.444 bits per heavy atom. The second-order valence-corrected chi connectivity index (χ2v) is 13.9. The number of aliphatic imine (C=N–C) groups is 1. The minimum Gasteiger partial charge on any atom is -0.456 e. The maximum Gasteiger partial charge on any atom is 0.145 e. The third-order valence-electron chi connectivity index (χ3n) is 10.8. The normalized spacial score (nSPS) is 15.0. The smallest absolute Gasteiger partial charge is 0.145 e. The third-order valence-corrected chi connectivity index (χ3v) is 10.8. The Hall–Kier alpha value is -6.97. The van der Waals surface area contributed by atoms with Crippen LogP contribution in [0.25, 0.3) is 22.3 Å². The molecule has 2 aliphatic heterocycles. The second-order valence-electron chi connectivity index (χ2n) is 13.9. The van der Waals surface area contributed by atoms with Gasteiger partial charge >= 0.3 is 0 Å². The van der Waals surface area contributed by atoms with Crippen molar-refractivity contribution in [3.63, 3.8) is 0 Å². The Balaban J connectivity index is 1.06. The van der Waals surface area contributed by atoms with Gasteiger partial charge in [-0.3, -0.25) is 4.99 Å². The Bertz CT molecular complexity index is 2610. The van der Waals surface area contributed by atoms with E-state index in [2.05, 4.69) is 206 Å². The summed E-state index contributed by atoms with van der Waals surface area (Å²) in [4.78, 5) is 5.26. The number of nitrogens with one attached hydrogen (secondary N) is 1. The predicted octanol–water partition coefficient (Wildman–Crippen LogP) is 12.5. The van der Waals surface area contributed by atoms with Crippen molar-refractivity contribution in [1.29, 1.82) is 0 Å². The largest absolute Gasteiger partial charge is 0.456 e. The molecule has 2 aliphatic rings. The standard InChI is InChI=1S/C51H36N2O/c1-4-16-37(17-5-1)50-52-46-28-12-10-24-43(46)48(53-50)39-19-14-18-38(34-39)35-30-32-36(33-31-35)42-25-15-27-45-49(42)54-47-29-13-11-26-44(47)51(45,40-20-6-2-7-21-40)41-22-8-3-9-23-41/h1-34,50,52H. The van der Waals surface area contributed by atoms with Crippen LogP contribution in [0.15, 0.2) is 211 Å². The van der Waals surface area contributed by atoms with Gasteiger partial charge in [0, 0.05) is 33.5 Å². The van der Waals surface area contributed by atoms with E-state index < -0.39 is 5.41 Å². The molecule has 3 nitrogen and oxygen atoms in total. The molecular weight excluding hydrogens is 657 g/mol. The molecule has 0 aromatic heterocycles. The quantitative estimate of drug-likeness (QED) is 0.188. The number of fused-ring (bicyclic) bond motifs is 3. The van der Waals surface area contributed by atoms with Gasteiger partial charge in [-0.15, -0.1) is 0 Å². The van der Waals surface area contributed by atoms with E-state index in [1.54, 1.807) is 0 Å². The van der Waals surface area contributed by atoms with E-state index in [-0.39, 0.29) is 6.17 Å². The zero-order valence-electron chi connectivity index (χ0n) is 29.6. The Kier molecular flexibility index (Phi) is 7.77. The lowest BCUT2D eigenvalue weighted by atomic mass is 9.63. The zero-order chi connectivity index (χ0) is 35.9. The van der Waals surface area contributed by atoms with Crippen molar-refractivity contribution in [2.75, 3.05) is 5.32 Å². The fourth-order valence-electron chi connectivity index (χ4n) is 8.36. The van der Waals surface area contributed by atoms with E-state index in [9.17, 15) is 0 Å². The molecule has 1 N–H and O–H groups in total. The molecule has 2 heterocycles. The first-order chi connectivity index (χ1) is 26.8. The summed E-state index contributed by atoms with van der Waals surface area (Å²) in [7, 11) is 0. The van der Waals surface area contributed by atoms with Gasteiger partial charge in [0.05, 0.1) is 11.1 Å². The van der Waals surface area contributed by atoms with Gasteiger partial charge in [0.1, 0.15) is 17.7 Å². The predicted molar refractivity (Wildman–Crippen MR) is 221 cm³/mol. The Morgan fingerprint density at radius 3 is 1.78 bits per heavy atom. The van der Waals surface area contributed by atoms with Crippen molar-refractivity contribution in [3.8, 4) is 33.8 Å². The molecule has 1 unspecified atom stereocenters. The first-order valence-electron chi connectivity index (χ1n) is 18.5. The average Bonchev–Trinajstić information content (AvgIpc) is 3.26. The monoisotopic (exact) mass is 692 g/mol. The Morgan fingerprint density at radius 2 is 1.02 bits per heavy atom. The molecule has 256 valence electrons. The van der Waals surface area contributed by atoms with Gasteiger partial charge in [-0.05, 0) is 51.6 Å². The SMILES string of the molecule is c1ccc(C2N=C(c3cccc(-c4ccc(-c5cccc6c5Oc5ccccc5C6(c5ccccc5)c5ccccc5)cc4)c3)c3ccccc3N2)cc1. The molecule has 8 aromatic carbocycles. The van der Waals surface area contributed by atoms with Crippen LogP contribution >= 0.6 is 0 Å². The summed E-state index contributed by atoms with van der Waals surface area (Å²) >= 11 is 0. The topological polar surface area (TPSA) is 33.6 Å². The van der Waals surface area contributed by atoms with Crippen LogP contribution in [-0.4, -0.2) is 5.71 Å². The van der Waals surface area contributed by atoms with Gasteiger partial charge in [0.25, 0.3) is 0 Å². The van der Waals surface area contributed by atoms with E-state index in [0.717, 1.165) is 73.0 Å². The molecule has 0 radical (unpaired) electrons. The highest BCUT2D eigenvalue weighted by molar-refractivity contribution is 6.17. The van der Waals surface area contributed by atoms with E-state index in [4.69, 9.17) is 9.73 Å². The summed E-state index contributed by atoms with van der Waals surface area (Å²) in [5, 5.41) is 3.63. The fourth-order valence-corrected chi connectivity index (χ4v) is 8.36. The lowest BCUT2D eigenvalue weighted by Crippen LogP contribution is -2.34. The van der Waals surface area contributed by atoms with Crippen LogP contribution in [0.5, 0.6) is 11.5 Å². The van der Waals surface area contributed by atoms with Crippen molar-refractivity contribution in [3.05, 3.63) is 245 Å². The number of nitrogens with zero attached hydrogens (tertiary/aromatic N) is 1. The van der Waals surface area contributed by atoms with Gasteiger partial charge in [-0.2, -0.15) is 0 Å². The molecular formula is C51H36N2O. The number of benzene rings is 8. The molecule has 0 saturated carbocycles. The van der Waals surface area contributed by atoms with Crippen LogP contribution in [0, 0.1) is 0 Å². The van der Waals surface area contributed by atoms with E-state index in [0.29, 0.717) is 0 Å². The lowest BCUT2D eigenvalue weighted by Gasteiger charge is -2.42. The van der Waals surface area contributed by atoms with Crippen molar-refractivity contribution >= 4 is 11.4 Å². The summed E-state index contributed by atoms with van der Waals surface area (Å²) < 4.78 is 6.91. The maximum absolute atomic E-state index is 6.91. The molecule has 0 aliphatic carbocycles. The molecule has 3 heteroatoms. The number of hydrogen-bond donors (Lipinski definition) is 1. The van der Waals surface area contributed by atoms with Gasteiger partial charge in [-0.25, -0.2) is 0 Å². The fraction of sp³-hybridized carbons (Fsp3) is 0.0392. The van der Waals surface area contributed by atoms with Crippen LogP contribution in [0.1, 0.15) is 45.1 Å². The lowest BCUT2D eigenvalue weighted by molar-refractivity contribution is 0.436. The first kappa shape index (κ1) is 31.7. The third kappa shape index (κ3) is 5.24. The summed E-state index contributed by atoms with van der Waals surface area (Å²) in [5.74, 6) is 1.75. The molecule has 8 aromatic rings. The summed E-state index contributed by atoms with van der Waals surface area (Å²) in [6.07, 6.45) is -0.160. The highest BCUT2D eigenvalue weighted by atomic mass is 16.5. The highest BCUT2D eigenvalue weighted by Gasteiger charge is 2.45. The second kappa shape index (κ2) is 13.2. The summed E-state index contributed by atoms with van der Waals surface area (Å²) in [6, 6.07) is 73.2. The number of hydrogen-bond acceptors (Lipinski definition) is 3. The number of para-hydroxylation sites is 3. The van der Waals surface area contributed by atoms with Gasteiger partial charge in [-0.1, -0.05) is 188 Å². The minimum atomic E-state index is -0.557. The van der Waals surface area contributed by atoms with Gasteiger partial charge < -0.3 is 10.1 Å². The number of rotatable bonds is 6. The summed E-state index contributed by atoms with van der Waals surface area (Å²) in [5.41, 5.74) is 14.0. The van der Waals surface area contributed by atoms with E-state index in [1.165, 1.54) is 11.1 Å². The molecule has 0 amide bonds. The molecule has 54 heavy (non-hydrogen) atoms.